The van der Waals surface area contributed by atoms with Crippen molar-refractivity contribution in [2.75, 3.05) is 17.7 Å². The summed E-state index contributed by atoms with van der Waals surface area (Å²) in [5.74, 6) is 2.60. The molecule has 2 heterocycles. The number of benzene rings is 2. The fraction of sp³-hybridized carbons (Fsp3) is 0.222. The molecule has 11 heteroatoms. The van der Waals surface area contributed by atoms with Gasteiger partial charge in [0, 0.05) is 31.5 Å². The lowest BCUT2D eigenvalue weighted by atomic mass is 10.2. The number of nitrogens with one attached hydrogen (secondary N) is 2. The molecule has 0 atom stereocenters. The number of anilines is 2. The van der Waals surface area contributed by atoms with Crippen LogP contribution in [0.3, 0.4) is 0 Å². The molecule has 0 amide bonds. The van der Waals surface area contributed by atoms with Crippen molar-refractivity contribution in [1.29, 1.82) is 0 Å². The van der Waals surface area contributed by atoms with Crippen molar-refractivity contribution in [2.24, 2.45) is 5.14 Å². The van der Waals surface area contributed by atoms with Gasteiger partial charge in [-0.3, -0.25) is 0 Å². The Kier molecular flexibility index (Phi) is 8.72. The fourth-order valence-corrected chi connectivity index (χ4v) is 4.21. The van der Waals surface area contributed by atoms with Crippen molar-refractivity contribution in [3.8, 4) is 17.4 Å². The summed E-state index contributed by atoms with van der Waals surface area (Å²) in [4.78, 5) is 13.3. The molecule has 38 heavy (non-hydrogen) atoms. The third kappa shape index (κ3) is 8.15. The van der Waals surface area contributed by atoms with Gasteiger partial charge >= 0.3 is 0 Å². The molecular formula is C27H30N6O4S. The smallest absolute Gasteiger partial charge is 0.222 e. The summed E-state index contributed by atoms with van der Waals surface area (Å²) in [5.41, 5.74) is 3.60. The van der Waals surface area contributed by atoms with Gasteiger partial charge in [0.05, 0.1) is 12.9 Å². The van der Waals surface area contributed by atoms with Gasteiger partial charge in [-0.05, 0) is 59.0 Å². The van der Waals surface area contributed by atoms with Gasteiger partial charge in [-0.25, -0.2) is 23.5 Å². The van der Waals surface area contributed by atoms with Gasteiger partial charge in [0.2, 0.25) is 21.9 Å². The molecule has 0 saturated carbocycles. The Balaban J connectivity index is 1.51. The number of nitrogens with zero attached hydrogens (tertiary/aromatic N) is 3. The highest BCUT2D eigenvalue weighted by atomic mass is 32.2. The number of pyridine rings is 1. The van der Waals surface area contributed by atoms with Crippen LogP contribution in [0.4, 0.5) is 11.8 Å². The first-order chi connectivity index (χ1) is 18.3. The second-order valence-corrected chi connectivity index (χ2v) is 10.2. The largest absolute Gasteiger partial charge is 0.497 e. The lowest BCUT2D eigenvalue weighted by molar-refractivity contribution is 0.414. The molecule has 0 bridgehead atoms. The zero-order chi connectivity index (χ0) is 27.0. The normalized spacial score (nSPS) is 11.1. The number of primary sulfonamides is 1. The molecule has 0 radical (unpaired) electrons. The molecule has 0 spiro atoms. The number of sulfonamides is 1. The van der Waals surface area contributed by atoms with Crippen molar-refractivity contribution in [3.05, 3.63) is 95.3 Å². The first-order valence-electron chi connectivity index (χ1n) is 12.0. The number of nitrogens with two attached hydrogens (primary N) is 1. The van der Waals surface area contributed by atoms with E-state index in [0.29, 0.717) is 42.0 Å². The van der Waals surface area contributed by atoms with Gasteiger partial charge < -0.3 is 20.1 Å². The van der Waals surface area contributed by atoms with Crippen LogP contribution in [-0.2, 0) is 35.3 Å². The third-order valence-electron chi connectivity index (χ3n) is 5.57. The Morgan fingerprint density at radius 3 is 2.08 bits per heavy atom. The monoisotopic (exact) mass is 534 g/mol. The number of methoxy groups -OCH3 is 1. The van der Waals surface area contributed by atoms with Gasteiger partial charge in [-0.15, -0.1) is 0 Å². The van der Waals surface area contributed by atoms with Crippen molar-refractivity contribution in [2.45, 2.75) is 32.2 Å². The number of hydrogen-bond donors (Lipinski definition) is 3. The van der Waals surface area contributed by atoms with Gasteiger partial charge in [0.1, 0.15) is 17.3 Å². The summed E-state index contributed by atoms with van der Waals surface area (Å²) in [6.45, 7) is 3.06. The number of aryl methyl sites for hydroxylation is 1. The topological polar surface area (TPSA) is 141 Å². The Labute approximate surface area is 222 Å². The Morgan fingerprint density at radius 1 is 0.816 bits per heavy atom. The van der Waals surface area contributed by atoms with E-state index in [9.17, 15) is 8.42 Å². The zero-order valence-electron chi connectivity index (χ0n) is 21.2. The number of rotatable bonds is 12. The highest BCUT2D eigenvalue weighted by Gasteiger charge is 2.09. The maximum Gasteiger partial charge on any atom is 0.222 e. The minimum Gasteiger partial charge on any atom is -0.497 e. The van der Waals surface area contributed by atoms with E-state index in [2.05, 4.69) is 32.5 Å². The quantitative estimate of drug-likeness (QED) is 0.243. The van der Waals surface area contributed by atoms with Gasteiger partial charge in [-0.1, -0.05) is 31.2 Å². The van der Waals surface area contributed by atoms with Crippen LogP contribution in [0.1, 0.15) is 29.2 Å². The molecular weight excluding hydrogens is 504 g/mol. The Hall–Kier alpha value is -4.22. The first kappa shape index (κ1) is 26.8. The molecule has 0 saturated heterocycles. The minimum absolute atomic E-state index is 0.243. The molecule has 0 aliphatic heterocycles. The van der Waals surface area contributed by atoms with Crippen LogP contribution in [0.25, 0.3) is 0 Å². The predicted molar refractivity (Wildman–Crippen MR) is 147 cm³/mol. The Bertz CT molecular complexity index is 1380. The number of ether oxygens (including phenoxy) is 2. The van der Waals surface area contributed by atoms with Gasteiger partial charge in [0.15, 0.2) is 0 Å². The van der Waals surface area contributed by atoms with E-state index in [-0.39, 0.29) is 5.75 Å². The fourth-order valence-electron chi connectivity index (χ4n) is 3.56. The van der Waals surface area contributed by atoms with Crippen LogP contribution in [0, 0.1) is 0 Å². The van der Waals surface area contributed by atoms with E-state index >= 15 is 0 Å². The summed E-state index contributed by atoms with van der Waals surface area (Å²) in [5, 5.41) is 11.7. The predicted octanol–water partition coefficient (Wildman–Crippen LogP) is 4.25. The lowest BCUT2D eigenvalue weighted by Crippen LogP contribution is -2.14. The summed E-state index contributed by atoms with van der Waals surface area (Å²) < 4.78 is 33.9. The van der Waals surface area contributed by atoms with Crippen molar-refractivity contribution in [1.82, 2.24) is 15.0 Å². The van der Waals surface area contributed by atoms with E-state index in [1.54, 1.807) is 43.8 Å². The molecule has 10 nitrogen and oxygen atoms in total. The summed E-state index contributed by atoms with van der Waals surface area (Å²) in [6, 6.07) is 18.2. The average Bonchev–Trinajstić information content (AvgIpc) is 2.91. The van der Waals surface area contributed by atoms with E-state index < -0.39 is 10.0 Å². The number of hydrogen-bond acceptors (Lipinski definition) is 9. The van der Waals surface area contributed by atoms with E-state index in [1.807, 2.05) is 36.4 Å². The van der Waals surface area contributed by atoms with E-state index in [1.165, 1.54) is 0 Å². The van der Waals surface area contributed by atoms with Crippen LogP contribution < -0.4 is 25.2 Å². The Morgan fingerprint density at radius 2 is 1.45 bits per heavy atom. The van der Waals surface area contributed by atoms with E-state index in [0.717, 1.165) is 28.9 Å². The van der Waals surface area contributed by atoms with Crippen LogP contribution in [0.2, 0.25) is 0 Å². The molecule has 0 aliphatic carbocycles. The second-order valence-electron chi connectivity index (χ2n) is 8.58. The highest BCUT2D eigenvalue weighted by Crippen LogP contribution is 2.24. The van der Waals surface area contributed by atoms with Crippen molar-refractivity contribution in [3.63, 3.8) is 0 Å². The highest BCUT2D eigenvalue weighted by molar-refractivity contribution is 7.88. The van der Waals surface area contributed by atoms with Crippen LogP contribution in [0.5, 0.6) is 17.4 Å². The molecule has 2 aromatic carbocycles. The van der Waals surface area contributed by atoms with E-state index in [4.69, 9.17) is 14.6 Å². The van der Waals surface area contributed by atoms with Crippen LogP contribution in [0.15, 0.2) is 73.1 Å². The molecule has 4 N–H and O–H groups in total. The van der Waals surface area contributed by atoms with Crippen molar-refractivity contribution >= 4 is 21.8 Å². The second kappa shape index (κ2) is 12.3. The van der Waals surface area contributed by atoms with Gasteiger partial charge in [-0.2, -0.15) is 4.98 Å². The van der Waals surface area contributed by atoms with Crippen LogP contribution >= 0.6 is 0 Å². The summed E-state index contributed by atoms with van der Waals surface area (Å²) in [6.07, 6.45) is 4.48. The maximum atomic E-state index is 11.4. The third-order valence-corrected chi connectivity index (χ3v) is 6.31. The molecule has 4 rings (SSSR count). The molecule has 2 aromatic heterocycles. The zero-order valence-corrected chi connectivity index (χ0v) is 22.0. The molecule has 0 unspecified atom stereocenters. The minimum atomic E-state index is -3.61. The molecule has 0 fully saturated rings. The van der Waals surface area contributed by atoms with Gasteiger partial charge in [0.25, 0.3) is 0 Å². The molecule has 0 aliphatic rings. The standard InChI is InChI=1S/C27H30N6O4S/c1-3-19-14-30-27(31-15-19)32-17-22-12-25(29-16-20-4-8-23(36-2)9-5-20)33-26(13-22)37-24-10-6-21(7-11-24)18-38(28,34)35/h4-15H,3,16-18H2,1-2H3,(H,29,33)(H2,28,34,35)(H,30,31,32). The van der Waals surface area contributed by atoms with Crippen molar-refractivity contribution < 1.29 is 17.9 Å². The number of aromatic nitrogens is 3. The summed E-state index contributed by atoms with van der Waals surface area (Å²) >= 11 is 0. The SMILES string of the molecule is CCc1cnc(NCc2cc(NCc3ccc(OC)cc3)nc(Oc3ccc(CS(N)(=O)=O)cc3)c2)nc1. The lowest BCUT2D eigenvalue weighted by Gasteiger charge is -2.13. The first-order valence-corrected chi connectivity index (χ1v) is 13.7. The van der Waals surface area contributed by atoms with Crippen LogP contribution in [-0.4, -0.2) is 30.5 Å². The molecule has 198 valence electrons. The summed E-state index contributed by atoms with van der Waals surface area (Å²) in [7, 11) is -1.98. The molecule has 4 aromatic rings. The maximum absolute atomic E-state index is 11.4. The average molecular weight is 535 g/mol.